The second-order valence-electron chi connectivity index (χ2n) is 6.22. The standard InChI is InChI=1S/C19H16BrFN4O2/c1-11-22-18(24-25(11)14-5-3-13(21)4-6-14)19(26)23-16-8-9-27-17-7-2-12(20)10-15(16)17/h2-7,10,16H,8-9H2,1H3,(H,23,26). The van der Waals surface area contributed by atoms with Crippen molar-refractivity contribution in [1.29, 1.82) is 0 Å². The van der Waals surface area contributed by atoms with Crippen molar-refractivity contribution >= 4 is 21.8 Å². The van der Waals surface area contributed by atoms with E-state index < -0.39 is 0 Å². The van der Waals surface area contributed by atoms with Gasteiger partial charge >= 0.3 is 0 Å². The van der Waals surface area contributed by atoms with E-state index in [9.17, 15) is 9.18 Å². The SMILES string of the molecule is Cc1nc(C(=O)NC2CCOc3ccc(Br)cc32)nn1-c1ccc(F)cc1. The van der Waals surface area contributed by atoms with Crippen molar-refractivity contribution in [3.63, 3.8) is 0 Å². The Balaban J connectivity index is 1.57. The van der Waals surface area contributed by atoms with Gasteiger partial charge in [0, 0.05) is 16.5 Å². The third-order valence-electron chi connectivity index (χ3n) is 4.36. The second kappa shape index (κ2) is 7.11. The summed E-state index contributed by atoms with van der Waals surface area (Å²) >= 11 is 3.45. The van der Waals surface area contributed by atoms with Gasteiger partial charge in [-0.1, -0.05) is 15.9 Å². The molecule has 0 spiro atoms. The Bertz CT molecular complexity index is 1000. The molecule has 1 N–H and O–H groups in total. The number of amides is 1. The normalized spacial score (nSPS) is 15.7. The van der Waals surface area contributed by atoms with Crippen LogP contribution in [0.2, 0.25) is 0 Å². The van der Waals surface area contributed by atoms with Crippen molar-refractivity contribution < 1.29 is 13.9 Å². The maximum Gasteiger partial charge on any atom is 0.291 e. The van der Waals surface area contributed by atoms with Gasteiger partial charge in [-0.2, -0.15) is 0 Å². The number of nitrogens with zero attached hydrogens (tertiary/aromatic N) is 3. The molecular weight excluding hydrogens is 415 g/mol. The Morgan fingerprint density at radius 3 is 2.85 bits per heavy atom. The highest BCUT2D eigenvalue weighted by Crippen LogP contribution is 2.34. The fourth-order valence-corrected chi connectivity index (χ4v) is 3.43. The summed E-state index contributed by atoms with van der Waals surface area (Å²) in [4.78, 5) is 17.0. The Kier molecular flexibility index (Phi) is 4.65. The minimum Gasteiger partial charge on any atom is -0.493 e. The first kappa shape index (κ1) is 17.7. The predicted molar refractivity (Wildman–Crippen MR) is 101 cm³/mol. The highest BCUT2D eigenvalue weighted by Gasteiger charge is 2.25. The molecule has 1 unspecified atom stereocenters. The van der Waals surface area contributed by atoms with Crippen LogP contribution in [-0.2, 0) is 0 Å². The number of hydrogen-bond donors (Lipinski definition) is 1. The summed E-state index contributed by atoms with van der Waals surface area (Å²) in [7, 11) is 0. The lowest BCUT2D eigenvalue weighted by molar-refractivity contribution is 0.0914. The van der Waals surface area contributed by atoms with Crippen LogP contribution in [0.3, 0.4) is 0 Å². The molecule has 1 aliphatic heterocycles. The van der Waals surface area contributed by atoms with E-state index in [0.717, 1.165) is 15.8 Å². The summed E-state index contributed by atoms with van der Waals surface area (Å²) in [5.74, 6) is 0.674. The maximum absolute atomic E-state index is 13.1. The van der Waals surface area contributed by atoms with Crippen LogP contribution in [0.15, 0.2) is 46.9 Å². The van der Waals surface area contributed by atoms with E-state index in [2.05, 4.69) is 31.3 Å². The molecule has 0 saturated heterocycles. The molecule has 1 atom stereocenters. The highest BCUT2D eigenvalue weighted by atomic mass is 79.9. The van der Waals surface area contributed by atoms with E-state index in [4.69, 9.17) is 4.74 Å². The number of aryl methyl sites for hydroxylation is 1. The van der Waals surface area contributed by atoms with Crippen LogP contribution in [0.4, 0.5) is 4.39 Å². The summed E-state index contributed by atoms with van der Waals surface area (Å²) in [6.07, 6.45) is 0.660. The van der Waals surface area contributed by atoms with Crippen molar-refractivity contribution in [3.05, 3.63) is 70.0 Å². The number of benzene rings is 2. The van der Waals surface area contributed by atoms with E-state index in [0.29, 0.717) is 24.5 Å². The number of hydrogen-bond acceptors (Lipinski definition) is 4. The van der Waals surface area contributed by atoms with Gasteiger partial charge in [0.2, 0.25) is 5.82 Å². The molecule has 6 nitrogen and oxygen atoms in total. The molecule has 0 fully saturated rings. The van der Waals surface area contributed by atoms with Gasteiger partial charge in [-0.25, -0.2) is 14.1 Å². The third-order valence-corrected chi connectivity index (χ3v) is 4.85. The highest BCUT2D eigenvalue weighted by molar-refractivity contribution is 9.10. The molecule has 1 amide bonds. The topological polar surface area (TPSA) is 69.0 Å². The fourth-order valence-electron chi connectivity index (χ4n) is 3.05. The van der Waals surface area contributed by atoms with Crippen LogP contribution in [0, 0.1) is 12.7 Å². The van der Waals surface area contributed by atoms with Gasteiger partial charge in [0.1, 0.15) is 17.4 Å². The molecule has 2 aromatic carbocycles. The number of carbonyl (C=O) groups excluding carboxylic acids is 1. The smallest absolute Gasteiger partial charge is 0.291 e. The van der Waals surface area contributed by atoms with Crippen LogP contribution in [0.25, 0.3) is 5.69 Å². The van der Waals surface area contributed by atoms with E-state index in [-0.39, 0.29) is 23.6 Å². The Hall–Kier alpha value is -2.74. The molecule has 3 aromatic rings. The average molecular weight is 431 g/mol. The van der Waals surface area contributed by atoms with Crippen LogP contribution < -0.4 is 10.1 Å². The number of nitrogens with one attached hydrogen (secondary N) is 1. The van der Waals surface area contributed by atoms with Crippen molar-refractivity contribution in [1.82, 2.24) is 20.1 Å². The minimum absolute atomic E-state index is 0.0693. The fraction of sp³-hybridized carbons (Fsp3) is 0.211. The van der Waals surface area contributed by atoms with Crippen LogP contribution in [0.5, 0.6) is 5.75 Å². The third kappa shape index (κ3) is 3.57. The van der Waals surface area contributed by atoms with Gasteiger partial charge in [0.25, 0.3) is 5.91 Å². The molecule has 138 valence electrons. The number of halogens is 2. The van der Waals surface area contributed by atoms with Gasteiger partial charge in [0.15, 0.2) is 0 Å². The zero-order valence-corrected chi connectivity index (χ0v) is 16.0. The van der Waals surface area contributed by atoms with Gasteiger partial charge in [-0.3, -0.25) is 4.79 Å². The number of fused-ring (bicyclic) bond motifs is 1. The molecule has 0 bridgehead atoms. The lowest BCUT2D eigenvalue weighted by Gasteiger charge is -2.26. The summed E-state index contributed by atoms with van der Waals surface area (Å²) in [5, 5.41) is 7.26. The number of rotatable bonds is 3. The van der Waals surface area contributed by atoms with Crippen molar-refractivity contribution in [2.75, 3.05) is 6.61 Å². The van der Waals surface area contributed by atoms with Gasteiger partial charge in [0.05, 0.1) is 18.3 Å². The first-order valence-electron chi connectivity index (χ1n) is 8.44. The molecule has 0 aliphatic carbocycles. The number of ether oxygens (including phenoxy) is 1. The second-order valence-corrected chi connectivity index (χ2v) is 7.13. The van der Waals surface area contributed by atoms with Gasteiger partial charge in [-0.15, -0.1) is 5.10 Å². The molecule has 8 heteroatoms. The zero-order chi connectivity index (χ0) is 19.0. The minimum atomic E-state index is -0.364. The van der Waals surface area contributed by atoms with Crippen molar-refractivity contribution in [3.8, 4) is 11.4 Å². The van der Waals surface area contributed by atoms with E-state index in [1.807, 2.05) is 18.2 Å². The maximum atomic E-state index is 13.1. The quantitative estimate of drug-likeness (QED) is 0.687. The molecule has 0 radical (unpaired) electrons. The molecule has 4 rings (SSSR count). The zero-order valence-electron chi connectivity index (χ0n) is 14.4. The Morgan fingerprint density at radius 1 is 1.30 bits per heavy atom. The monoisotopic (exact) mass is 430 g/mol. The lowest BCUT2D eigenvalue weighted by atomic mass is 10.0. The number of carbonyl (C=O) groups is 1. The van der Waals surface area contributed by atoms with Crippen molar-refractivity contribution in [2.24, 2.45) is 0 Å². The molecule has 1 aliphatic rings. The summed E-state index contributed by atoms with van der Waals surface area (Å²) in [6, 6.07) is 11.4. The van der Waals surface area contributed by atoms with E-state index in [1.54, 1.807) is 19.1 Å². The molecular formula is C19H16BrFN4O2. The lowest BCUT2D eigenvalue weighted by Crippen LogP contribution is -2.32. The predicted octanol–water partition coefficient (Wildman–Crippen LogP) is 3.73. The van der Waals surface area contributed by atoms with Crippen LogP contribution in [0.1, 0.15) is 34.5 Å². The van der Waals surface area contributed by atoms with E-state index in [1.165, 1.54) is 16.8 Å². The summed E-state index contributed by atoms with van der Waals surface area (Å²) < 4.78 is 21.2. The Morgan fingerprint density at radius 2 is 2.07 bits per heavy atom. The summed E-state index contributed by atoms with van der Waals surface area (Å²) in [6.45, 7) is 2.27. The Labute approximate surface area is 163 Å². The molecule has 2 heterocycles. The molecule has 0 saturated carbocycles. The molecule has 27 heavy (non-hydrogen) atoms. The average Bonchev–Trinajstić information content (AvgIpc) is 3.05. The number of aromatic nitrogens is 3. The van der Waals surface area contributed by atoms with Gasteiger partial charge in [-0.05, 0) is 49.4 Å². The molecule has 1 aromatic heterocycles. The summed E-state index contributed by atoms with van der Waals surface area (Å²) in [5.41, 5.74) is 1.56. The first-order chi connectivity index (χ1) is 13.0. The largest absolute Gasteiger partial charge is 0.493 e. The van der Waals surface area contributed by atoms with Crippen LogP contribution >= 0.6 is 15.9 Å². The van der Waals surface area contributed by atoms with Crippen LogP contribution in [-0.4, -0.2) is 27.3 Å². The van der Waals surface area contributed by atoms with E-state index >= 15 is 0 Å². The van der Waals surface area contributed by atoms with Gasteiger partial charge < -0.3 is 10.1 Å². The van der Waals surface area contributed by atoms with Crippen molar-refractivity contribution in [2.45, 2.75) is 19.4 Å². The first-order valence-corrected chi connectivity index (χ1v) is 9.23.